The van der Waals surface area contributed by atoms with Crippen LogP contribution >= 0.6 is 24.0 Å². The maximum Gasteiger partial charge on any atom is 0.191 e. The lowest BCUT2D eigenvalue weighted by Crippen LogP contribution is -2.37. The van der Waals surface area contributed by atoms with Crippen LogP contribution in [0.1, 0.15) is 44.4 Å². The molecular formula is C25H34IN5O. The van der Waals surface area contributed by atoms with Crippen LogP contribution in [-0.2, 0) is 19.6 Å². The summed E-state index contributed by atoms with van der Waals surface area (Å²) in [5.74, 6) is 1.68. The van der Waals surface area contributed by atoms with Crippen LogP contribution in [0.4, 0.5) is 0 Å². The Hall–Kier alpha value is -2.55. The van der Waals surface area contributed by atoms with Crippen molar-refractivity contribution in [2.75, 3.05) is 6.54 Å². The number of hydrogen-bond acceptors (Lipinski definition) is 3. The normalized spacial score (nSPS) is 11.6. The number of guanidine groups is 1. The van der Waals surface area contributed by atoms with Gasteiger partial charge in [0.2, 0.25) is 0 Å². The zero-order valence-corrected chi connectivity index (χ0v) is 21.7. The minimum atomic E-state index is -0.237. The summed E-state index contributed by atoms with van der Waals surface area (Å²) < 4.78 is 8.15. The molecule has 0 radical (unpaired) electrons. The molecule has 0 aliphatic carbocycles. The number of aliphatic imine (C=N–C) groups is 1. The van der Waals surface area contributed by atoms with E-state index >= 15 is 0 Å². The largest absolute Gasteiger partial charge is 0.488 e. The van der Waals surface area contributed by atoms with Gasteiger partial charge in [-0.15, -0.1) is 24.0 Å². The maximum absolute atomic E-state index is 6.10. The molecular weight excluding hydrogens is 513 g/mol. The Morgan fingerprint density at radius 2 is 1.75 bits per heavy atom. The Morgan fingerprint density at radius 1 is 1.03 bits per heavy atom. The molecule has 0 saturated carbocycles. The van der Waals surface area contributed by atoms with Gasteiger partial charge in [-0.25, -0.2) is 9.98 Å². The van der Waals surface area contributed by atoms with E-state index in [1.807, 2.05) is 30.7 Å². The van der Waals surface area contributed by atoms with Crippen LogP contribution in [0, 0.1) is 0 Å². The van der Waals surface area contributed by atoms with E-state index in [4.69, 9.17) is 9.73 Å². The summed E-state index contributed by atoms with van der Waals surface area (Å²) in [5, 5.41) is 6.74. The van der Waals surface area contributed by atoms with Gasteiger partial charge in [-0.05, 0) is 44.9 Å². The molecule has 1 heterocycles. The number of imidazole rings is 1. The first-order valence-electron chi connectivity index (χ1n) is 10.8. The minimum Gasteiger partial charge on any atom is -0.488 e. The van der Waals surface area contributed by atoms with E-state index in [0.717, 1.165) is 30.4 Å². The Labute approximate surface area is 208 Å². The number of aromatic nitrogens is 2. The van der Waals surface area contributed by atoms with E-state index in [2.05, 4.69) is 78.2 Å². The van der Waals surface area contributed by atoms with Crippen molar-refractivity contribution in [1.29, 1.82) is 0 Å². The molecule has 0 atom stereocenters. The fraction of sp³-hybridized carbons (Fsp3) is 0.360. The van der Waals surface area contributed by atoms with E-state index in [-0.39, 0.29) is 29.6 Å². The predicted molar refractivity (Wildman–Crippen MR) is 142 cm³/mol. The molecule has 3 rings (SSSR count). The third-order valence-electron chi connectivity index (χ3n) is 4.55. The van der Waals surface area contributed by atoms with Crippen LogP contribution in [0.15, 0.2) is 72.2 Å². The minimum absolute atomic E-state index is 0. The maximum atomic E-state index is 6.10. The molecule has 2 N–H and O–H groups in total. The molecule has 2 aromatic carbocycles. The van der Waals surface area contributed by atoms with Crippen molar-refractivity contribution in [3.63, 3.8) is 0 Å². The van der Waals surface area contributed by atoms with Gasteiger partial charge in [0.25, 0.3) is 0 Å². The van der Waals surface area contributed by atoms with Crippen LogP contribution < -0.4 is 15.4 Å². The average molecular weight is 547 g/mol. The highest BCUT2D eigenvalue weighted by atomic mass is 127. The summed E-state index contributed by atoms with van der Waals surface area (Å²) >= 11 is 0. The molecule has 0 bridgehead atoms. The molecule has 7 heteroatoms. The number of nitrogens with zero attached hydrogens (tertiary/aromatic N) is 3. The first kappa shape index (κ1) is 25.7. The fourth-order valence-corrected chi connectivity index (χ4v) is 3.11. The third kappa shape index (κ3) is 8.53. The molecule has 172 valence electrons. The quantitative estimate of drug-likeness (QED) is 0.237. The highest BCUT2D eigenvalue weighted by Gasteiger charge is 2.14. The standard InChI is InChI=1S/C25H33N5O.HI/c1-5-27-24(29-17-22-8-6-7-9-23(22)31-25(2,3)4)28-16-20-10-12-21(13-11-20)18-30-15-14-26-19-30;/h6-15,19H,5,16-18H2,1-4H3,(H2,27,28,29);1H. The van der Waals surface area contributed by atoms with Gasteiger partial charge >= 0.3 is 0 Å². The first-order valence-corrected chi connectivity index (χ1v) is 10.8. The second kappa shape index (κ2) is 12.5. The van der Waals surface area contributed by atoms with Crippen LogP contribution in [0.3, 0.4) is 0 Å². The van der Waals surface area contributed by atoms with E-state index in [9.17, 15) is 0 Å². The molecule has 0 aliphatic heterocycles. The van der Waals surface area contributed by atoms with Crippen LogP contribution in [0.5, 0.6) is 5.75 Å². The Morgan fingerprint density at radius 3 is 2.41 bits per heavy atom. The van der Waals surface area contributed by atoms with Gasteiger partial charge in [0.15, 0.2) is 5.96 Å². The first-order chi connectivity index (χ1) is 14.9. The number of halogens is 1. The Balaban J connectivity index is 0.00000363. The summed E-state index contributed by atoms with van der Waals surface area (Å²) in [4.78, 5) is 8.83. The molecule has 0 fully saturated rings. The van der Waals surface area contributed by atoms with Crippen molar-refractivity contribution in [1.82, 2.24) is 20.2 Å². The molecule has 0 spiro atoms. The van der Waals surface area contributed by atoms with Crippen LogP contribution in [0.2, 0.25) is 0 Å². The number of nitrogens with one attached hydrogen (secondary N) is 2. The number of benzene rings is 2. The lowest BCUT2D eigenvalue weighted by molar-refractivity contribution is 0.129. The van der Waals surface area contributed by atoms with Crippen molar-refractivity contribution >= 4 is 29.9 Å². The lowest BCUT2D eigenvalue weighted by Gasteiger charge is -2.23. The van der Waals surface area contributed by atoms with E-state index in [0.29, 0.717) is 13.1 Å². The molecule has 0 unspecified atom stereocenters. The third-order valence-corrected chi connectivity index (χ3v) is 4.55. The second-order valence-electron chi connectivity index (χ2n) is 8.42. The molecule has 0 aliphatic rings. The highest BCUT2D eigenvalue weighted by Crippen LogP contribution is 2.22. The summed E-state index contributed by atoms with van der Waals surface area (Å²) in [6, 6.07) is 16.7. The smallest absolute Gasteiger partial charge is 0.191 e. The zero-order chi connectivity index (χ0) is 22.1. The number of hydrogen-bond donors (Lipinski definition) is 2. The lowest BCUT2D eigenvalue weighted by atomic mass is 10.1. The Bertz CT molecular complexity index is 963. The Kier molecular flexibility index (Phi) is 10.0. The van der Waals surface area contributed by atoms with Crippen molar-refractivity contribution in [2.24, 2.45) is 4.99 Å². The van der Waals surface area contributed by atoms with Crippen molar-refractivity contribution < 1.29 is 4.74 Å². The average Bonchev–Trinajstić information content (AvgIpc) is 3.24. The van der Waals surface area contributed by atoms with Crippen LogP contribution in [0.25, 0.3) is 0 Å². The summed E-state index contributed by atoms with van der Waals surface area (Å²) in [7, 11) is 0. The van der Waals surface area contributed by atoms with Gasteiger partial charge < -0.3 is 19.9 Å². The topological polar surface area (TPSA) is 63.5 Å². The zero-order valence-electron chi connectivity index (χ0n) is 19.3. The van der Waals surface area contributed by atoms with Crippen molar-refractivity contribution in [2.45, 2.75) is 52.9 Å². The molecule has 1 aromatic heterocycles. The molecule has 3 aromatic rings. The van der Waals surface area contributed by atoms with Crippen molar-refractivity contribution in [3.8, 4) is 5.75 Å². The predicted octanol–water partition coefficient (Wildman–Crippen LogP) is 4.98. The van der Waals surface area contributed by atoms with Gasteiger partial charge in [-0.3, -0.25) is 0 Å². The SMILES string of the molecule is CCNC(=NCc1ccc(Cn2ccnc2)cc1)NCc1ccccc1OC(C)(C)C.I. The van der Waals surface area contributed by atoms with Gasteiger partial charge in [0, 0.05) is 37.6 Å². The van der Waals surface area contributed by atoms with Crippen molar-refractivity contribution in [3.05, 3.63) is 83.9 Å². The van der Waals surface area contributed by atoms with Crippen LogP contribution in [-0.4, -0.2) is 27.7 Å². The van der Waals surface area contributed by atoms with Gasteiger partial charge in [-0.2, -0.15) is 0 Å². The summed E-state index contributed by atoms with van der Waals surface area (Å²) in [5.41, 5.74) is 3.28. The van der Waals surface area contributed by atoms with Gasteiger partial charge in [0.1, 0.15) is 11.4 Å². The molecule has 6 nitrogen and oxygen atoms in total. The van der Waals surface area contributed by atoms with E-state index in [1.54, 1.807) is 6.20 Å². The summed E-state index contributed by atoms with van der Waals surface area (Å²) in [6.45, 7) is 11.1. The summed E-state index contributed by atoms with van der Waals surface area (Å²) in [6.07, 6.45) is 5.60. The number of rotatable bonds is 8. The second-order valence-corrected chi connectivity index (χ2v) is 8.42. The van der Waals surface area contributed by atoms with E-state index < -0.39 is 0 Å². The van der Waals surface area contributed by atoms with Gasteiger partial charge in [-0.1, -0.05) is 42.5 Å². The van der Waals surface area contributed by atoms with E-state index in [1.165, 1.54) is 11.1 Å². The fourth-order valence-electron chi connectivity index (χ4n) is 3.11. The molecule has 0 saturated heterocycles. The number of ether oxygens (including phenoxy) is 1. The molecule has 0 amide bonds. The monoisotopic (exact) mass is 547 g/mol. The molecule has 32 heavy (non-hydrogen) atoms. The van der Waals surface area contributed by atoms with Gasteiger partial charge in [0.05, 0.1) is 12.9 Å². The highest BCUT2D eigenvalue weighted by molar-refractivity contribution is 14.0. The number of para-hydroxylation sites is 1.